The molecule has 0 amide bonds. The van der Waals surface area contributed by atoms with E-state index in [2.05, 4.69) is 20.7 Å². The summed E-state index contributed by atoms with van der Waals surface area (Å²) in [6.07, 6.45) is 0. The lowest BCUT2D eigenvalue weighted by atomic mass is 10.2. The van der Waals surface area contributed by atoms with Gasteiger partial charge < -0.3 is 15.2 Å². The van der Waals surface area contributed by atoms with Gasteiger partial charge in [0.05, 0.1) is 18.4 Å². The molecule has 110 valence electrons. The molecule has 0 unspecified atom stereocenters. The highest BCUT2D eigenvalue weighted by Crippen LogP contribution is 2.25. The van der Waals surface area contributed by atoms with E-state index in [0.717, 1.165) is 0 Å². The Balaban J connectivity index is 2.17. The fourth-order valence-corrected chi connectivity index (χ4v) is 2.27. The molecule has 0 aliphatic heterocycles. The Morgan fingerprint density at radius 1 is 1.29 bits per heavy atom. The summed E-state index contributed by atoms with van der Waals surface area (Å²) in [4.78, 5) is 11.5. The second-order valence-electron chi connectivity index (χ2n) is 4.31. The molecule has 4 nitrogen and oxygen atoms in total. The van der Waals surface area contributed by atoms with Gasteiger partial charge in [-0.3, -0.25) is 0 Å². The summed E-state index contributed by atoms with van der Waals surface area (Å²) in [6, 6.07) is 9.07. The molecule has 0 bridgehead atoms. The van der Waals surface area contributed by atoms with Gasteiger partial charge in [0.15, 0.2) is 0 Å². The van der Waals surface area contributed by atoms with Crippen LogP contribution in [0.25, 0.3) is 0 Å². The summed E-state index contributed by atoms with van der Waals surface area (Å²) >= 11 is 3.21. The number of ether oxygens (including phenoxy) is 2. The quantitative estimate of drug-likeness (QED) is 0.674. The third-order valence-corrected chi connectivity index (χ3v) is 3.21. The van der Waals surface area contributed by atoms with Gasteiger partial charge in [0, 0.05) is 4.47 Å². The predicted molar refractivity (Wildman–Crippen MR) is 80.6 cm³/mol. The molecule has 0 atom stereocenters. The van der Waals surface area contributed by atoms with Crippen LogP contribution in [0.5, 0.6) is 5.75 Å². The third kappa shape index (κ3) is 3.95. The summed E-state index contributed by atoms with van der Waals surface area (Å²) in [6.45, 7) is 0.130. The molecular weight excluding hydrogens is 341 g/mol. The van der Waals surface area contributed by atoms with Gasteiger partial charge in [0.2, 0.25) is 0 Å². The molecular formula is C15H13BrFNO3. The van der Waals surface area contributed by atoms with Crippen molar-refractivity contribution >= 4 is 27.6 Å². The zero-order valence-electron chi connectivity index (χ0n) is 11.2. The lowest BCUT2D eigenvalue weighted by Gasteiger charge is -2.10. The number of nitrogens with two attached hydrogens (primary N) is 1. The average molecular weight is 354 g/mol. The molecule has 2 aromatic carbocycles. The fraction of sp³-hybridized carbons (Fsp3) is 0.133. The number of carbonyl (C=O) groups excluding carboxylic acids is 1. The number of nitrogen functional groups attached to an aromatic ring is 1. The van der Waals surface area contributed by atoms with Crippen molar-refractivity contribution in [1.29, 1.82) is 0 Å². The Hall–Kier alpha value is -2.08. The maximum atomic E-state index is 13.3. The minimum Gasteiger partial charge on any atom is -0.487 e. The van der Waals surface area contributed by atoms with Crippen LogP contribution in [-0.2, 0) is 11.3 Å². The van der Waals surface area contributed by atoms with Gasteiger partial charge in [-0.1, -0.05) is 15.9 Å². The van der Waals surface area contributed by atoms with E-state index in [4.69, 9.17) is 10.5 Å². The van der Waals surface area contributed by atoms with Crippen LogP contribution in [0.4, 0.5) is 10.1 Å². The molecule has 6 heteroatoms. The van der Waals surface area contributed by atoms with E-state index >= 15 is 0 Å². The smallest absolute Gasteiger partial charge is 0.337 e. The number of rotatable bonds is 4. The molecule has 0 aromatic heterocycles. The van der Waals surface area contributed by atoms with Gasteiger partial charge in [-0.05, 0) is 42.0 Å². The molecule has 0 aliphatic rings. The number of methoxy groups -OCH3 is 1. The number of halogens is 2. The van der Waals surface area contributed by atoms with Crippen molar-refractivity contribution in [1.82, 2.24) is 0 Å². The summed E-state index contributed by atoms with van der Waals surface area (Å²) in [5, 5.41) is 0. The lowest BCUT2D eigenvalue weighted by molar-refractivity contribution is 0.0600. The Morgan fingerprint density at radius 2 is 2.05 bits per heavy atom. The van der Waals surface area contributed by atoms with Gasteiger partial charge in [-0.25, -0.2) is 9.18 Å². The van der Waals surface area contributed by atoms with Crippen molar-refractivity contribution in [3.8, 4) is 5.75 Å². The molecule has 2 rings (SSSR count). The normalized spacial score (nSPS) is 10.2. The molecule has 2 aromatic rings. The Kier molecular flexibility index (Phi) is 4.80. The van der Waals surface area contributed by atoms with E-state index in [1.807, 2.05) is 0 Å². The van der Waals surface area contributed by atoms with Crippen LogP contribution in [0.2, 0.25) is 0 Å². The van der Waals surface area contributed by atoms with Crippen molar-refractivity contribution in [2.75, 3.05) is 12.8 Å². The average Bonchev–Trinajstić information content (AvgIpc) is 2.44. The van der Waals surface area contributed by atoms with Gasteiger partial charge in [0.25, 0.3) is 0 Å². The summed E-state index contributed by atoms with van der Waals surface area (Å²) in [5.41, 5.74) is 7.16. The van der Waals surface area contributed by atoms with Crippen LogP contribution in [0.3, 0.4) is 0 Å². The molecule has 0 saturated heterocycles. The van der Waals surface area contributed by atoms with Gasteiger partial charge in [-0.2, -0.15) is 0 Å². The number of benzene rings is 2. The largest absolute Gasteiger partial charge is 0.487 e. The Morgan fingerprint density at radius 3 is 2.71 bits per heavy atom. The van der Waals surface area contributed by atoms with Crippen molar-refractivity contribution in [3.05, 3.63) is 57.8 Å². The minimum absolute atomic E-state index is 0.130. The van der Waals surface area contributed by atoms with E-state index in [9.17, 15) is 9.18 Å². The van der Waals surface area contributed by atoms with Crippen LogP contribution in [0.15, 0.2) is 40.9 Å². The standard InChI is InChI=1S/C15H13BrFNO3/c1-20-15(19)10-2-3-13(18)14(6-10)21-8-9-4-11(16)7-12(17)5-9/h2-7H,8,18H2,1H3. The zero-order chi connectivity index (χ0) is 15.4. The van der Waals surface area contributed by atoms with E-state index in [0.29, 0.717) is 27.0 Å². The zero-order valence-corrected chi connectivity index (χ0v) is 12.8. The second-order valence-corrected chi connectivity index (χ2v) is 5.23. The molecule has 0 saturated carbocycles. The SMILES string of the molecule is COC(=O)c1ccc(N)c(OCc2cc(F)cc(Br)c2)c1. The van der Waals surface area contributed by atoms with Crippen molar-refractivity contribution in [2.24, 2.45) is 0 Å². The number of anilines is 1. The Labute approximate surface area is 129 Å². The highest BCUT2D eigenvalue weighted by Gasteiger charge is 2.10. The molecule has 0 spiro atoms. The second kappa shape index (κ2) is 6.58. The van der Waals surface area contributed by atoms with Crippen LogP contribution >= 0.6 is 15.9 Å². The molecule has 0 aliphatic carbocycles. The van der Waals surface area contributed by atoms with E-state index < -0.39 is 5.97 Å². The van der Waals surface area contributed by atoms with Crippen molar-refractivity contribution < 1.29 is 18.7 Å². The first-order chi connectivity index (χ1) is 9.99. The van der Waals surface area contributed by atoms with Crippen molar-refractivity contribution in [3.63, 3.8) is 0 Å². The summed E-state index contributed by atoms with van der Waals surface area (Å²) in [7, 11) is 1.30. The van der Waals surface area contributed by atoms with Gasteiger partial charge in [-0.15, -0.1) is 0 Å². The first-order valence-electron chi connectivity index (χ1n) is 6.05. The van der Waals surface area contributed by atoms with Crippen LogP contribution in [0, 0.1) is 5.82 Å². The molecule has 2 N–H and O–H groups in total. The first kappa shape index (κ1) is 15.3. The van der Waals surface area contributed by atoms with E-state index in [1.165, 1.54) is 25.3 Å². The highest BCUT2D eigenvalue weighted by molar-refractivity contribution is 9.10. The minimum atomic E-state index is -0.478. The summed E-state index contributed by atoms with van der Waals surface area (Å²) < 4.78 is 24.1. The van der Waals surface area contributed by atoms with Crippen molar-refractivity contribution in [2.45, 2.75) is 6.61 Å². The topological polar surface area (TPSA) is 61.5 Å². The third-order valence-electron chi connectivity index (χ3n) is 2.75. The highest BCUT2D eigenvalue weighted by atomic mass is 79.9. The van der Waals surface area contributed by atoms with Gasteiger partial charge in [0.1, 0.15) is 18.2 Å². The van der Waals surface area contributed by atoms with Gasteiger partial charge >= 0.3 is 5.97 Å². The number of hydrogen-bond acceptors (Lipinski definition) is 4. The van der Waals surface area contributed by atoms with Crippen LogP contribution in [-0.4, -0.2) is 13.1 Å². The fourth-order valence-electron chi connectivity index (χ4n) is 1.76. The number of hydrogen-bond donors (Lipinski definition) is 1. The van der Waals surface area contributed by atoms with E-state index in [1.54, 1.807) is 18.2 Å². The number of carbonyl (C=O) groups is 1. The maximum Gasteiger partial charge on any atom is 0.337 e. The molecule has 21 heavy (non-hydrogen) atoms. The monoisotopic (exact) mass is 353 g/mol. The molecule has 0 heterocycles. The first-order valence-corrected chi connectivity index (χ1v) is 6.84. The maximum absolute atomic E-state index is 13.3. The predicted octanol–water partition coefficient (Wildman–Crippen LogP) is 3.54. The molecule has 0 radical (unpaired) electrons. The van der Waals surface area contributed by atoms with E-state index in [-0.39, 0.29) is 12.4 Å². The molecule has 0 fully saturated rings. The number of esters is 1. The van der Waals surface area contributed by atoms with Crippen LogP contribution in [0.1, 0.15) is 15.9 Å². The Bertz CT molecular complexity index is 656. The van der Waals surface area contributed by atoms with Crippen LogP contribution < -0.4 is 10.5 Å². The lowest BCUT2D eigenvalue weighted by Crippen LogP contribution is -2.04. The summed E-state index contributed by atoms with van der Waals surface area (Å²) in [5.74, 6) is -0.495.